The van der Waals surface area contributed by atoms with E-state index in [0.29, 0.717) is 6.54 Å². The lowest BCUT2D eigenvalue weighted by molar-refractivity contribution is -0.119. The van der Waals surface area contributed by atoms with E-state index < -0.39 is 0 Å². The van der Waals surface area contributed by atoms with Gasteiger partial charge in [0.05, 0.1) is 0 Å². The predicted molar refractivity (Wildman–Crippen MR) is 94.9 cm³/mol. The maximum atomic E-state index is 12.6. The number of rotatable bonds is 3. The van der Waals surface area contributed by atoms with E-state index in [1.165, 1.54) is 19.3 Å². The van der Waals surface area contributed by atoms with Crippen molar-refractivity contribution >= 4 is 17.6 Å². The van der Waals surface area contributed by atoms with Crippen LogP contribution in [0.5, 0.6) is 0 Å². The Kier molecular flexibility index (Phi) is 5.38. The van der Waals surface area contributed by atoms with Crippen molar-refractivity contribution in [3.63, 3.8) is 0 Å². The summed E-state index contributed by atoms with van der Waals surface area (Å²) in [6.45, 7) is 2.67. The molecule has 2 N–H and O–H groups in total. The first-order valence-electron chi connectivity index (χ1n) is 9.08. The van der Waals surface area contributed by atoms with Crippen LogP contribution in [0.25, 0.3) is 0 Å². The molecule has 2 fully saturated rings. The Morgan fingerprint density at radius 3 is 2.42 bits per heavy atom. The molecule has 5 heteroatoms. The molecule has 0 spiro atoms. The molecular formula is C19H27N3O2. The second kappa shape index (κ2) is 7.69. The Labute approximate surface area is 143 Å². The van der Waals surface area contributed by atoms with E-state index in [9.17, 15) is 9.59 Å². The van der Waals surface area contributed by atoms with Crippen molar-refractivity contribution in [2.45, 2.75) is 64.0 Å². The molecule has 3 rings (SSSR count). The molecule has 3 amide bonds. The third kappa shape index (κ3) is 4.08. The molecule has 5 nitrogen and oxygen atoms in total. The van der Waals surface area contributed by atoms with E-state index in [1.807, 2.05) is 31.2 Å². The van der Waals surface area contributed by atoms with Gasteiger partial charge in [-0.25, -0.2) is 4.79 Å². The molecule has 0 unspecified atom stereocenters. The molecule has 24 heavy (non-hydrogen) atoms. The number of likely N-dealkylation sites (tertiary alicyclic amines) is 1. The molecule has 1 aliphatic carbocycles. The fourth-order valence-corrected chi connectivity index (χ4v) is 3.65. The molecule has 0 radical (unpaired) electrons. The molecular weight excluding hydrogens is 302 g/mol. The van der Waals surface area contributed by atoms with Gasteiger partial charge in [-0.2, -0.15) is 0 Å². The lowest BCUT2D eigenvalue weighted by Crippen LogP contribution is -2.50. The van der Waals surface area contributed by atoms with Gasteiger partial charge in [0, 0.05) is 18.3 Å². The summed E-state index contributed by atoms with van der Waals surface area (Å²) in [7, 11) is 0. The fraction of sp³-hybridized carbons (Fsp3) is 0.579. The fourth-order valence-electron chi connectivity index (χ4n) is 3.65. The molecule has 1 aromatic carbocycles. The third-order valence-electron chi connectivity index (χ3n) is 5.07. The maximum Gasteiger partial charge on any atom is 0.318 e. The van der Waals surface area contributed by atoms with Gasteiger partial charge in [0.1, 0.15) is 6.04 Å². The lowest BCUT2D eigenvalue weighted by atomic mass is 9.96. The van der Waals surface area contributed by atoms with Crippen molar-refractivity contribution < 1.29 is 9.59 Å². The molecule has 1 heterocycles. The van der Waals surface area contributed by atoms with Gasteiger partial charge < -0.3 is 15.5 Å². The van der Waals surface area contributed by atoms with Crippen molar-refractivity contribution in [3.05, 3.63) is 29.8 Å². The van der Waals surface area contributed by atoms with Crippen molar-refractivity contribution in [1.82, 2.24) is 10.2 Å². The van der Waals surface area contributed by atoms with E-state index in [2.05, 4.69) is 10.6 Å². The standard InChI is InChI=1S/C19H27N3O2/c1-14-9-11-16(12-10-14)20-18(23)17-8-5-13-22(17)19(24)21-15-6-3-2-4-7-15/h9-12,15,17H,2-8,13H2,1H3,(H,20,23)(H,21,24)/t17-/m1/s1. The average molecular weight is 329 g/mol. The van der Waals surface area contributed by atoms with Gasteiger partial charge in [-0.3, -0.25) is 4.79 Å². The number of nitrogens with zero attached hydrogens (tertiary/aromatic N) is 1. The summed E-state index contributed by atoms with van der Waals surface area (Å²) in [6, 6.07) is 7.56. The smallest absolute Gasteiger partial charge is 0.318 e. The summed E-state index contributed by atoms with van der Waals surface area (Å²) in [6.07, 6.45) is 7.35. The van der Waals surface area contributed by atoms with E-state index in [-0.39, 0.29) is 24.0 Å². The van der Waals surface area contributed by atoms with Gasteiger partial charge >= 0.3 is 6.03 Å². The Morgan fingerprint density at radius 2 is 1.71 bits per heavy atom. The number of anilines is 1. The Hall–Kier alpha value is -2.04. The van der Waals surface area contributed by atoms with Gasteiger partial charge in [0.2, 0.25) is 5.91 Å². The summed E-state index contributed by atoms with van der Waals surface area (Å²) in [5.74, 6) is -0.0878. The summed E-state index contributed by atoms with van der Waals surface area (Å²) < 4.78 is 0. The van der Waals surface area contributed by atoms with Crippen LogP contribution in [0.3, 0.4) is 0 Å². The second-order valence-electron chi connectivity index (χ2n) is 6.99. The van der Waals surface area contributed by atoms with Gasteiger partial charge in [0.15, 0.2) is 0 Å². The minimum atomic E-state index is -0.366. The molecule has 0 aromatic heterocycles. The zero-order chi connectivity index (χ0) is 16.9. The quantitative estimate of drug-likeness (QED) is 0.892. The highest BCUT2D eigenvalue weighted by Gasteiger charge is 2.35. The summed E-state index contributed by atoms with van der Waals surface area (Å²) in [5, 5.41) is 6.06. The Bertz CT molecular complexity index is 579. The number of carbonyl (C=O) groups is 2. The van der Waals surface area contributed by atoms with Crippen LogP contribution >= 0.6 is 0 Å². The first-order chi connectivity index (χ1) is 11.6. The van der Waals surface area contributed by atoms with Crippen molar-refractivity contribution in [1.29, 1.82) is 0 Å². The number of aryl methyl sites for hydroxylation is 1. The highest BCUT2D eigenvalue weighted by atomic mass is 16.2. The molecule has 1 atom stereocenters. The largest absolute Gasteiger partial charge is 0.335 e. The first kappa shape index (κ1) is 16.8. The number of hydrogen-bond donors (Lipinski definition) is 2. The van der Waals surface area contributed by atoms with Crippen LogP contribution in [-0.4, -0.2) is 35.5 Å². The van der Waals surface area contributed by atoms with Crippen LogP contribution in [0.4, 0.5) is 10.5 Å². The van der Waals surface area contributed by atoms with Crippen LogP contribution in [0.2, 0.25) is 0 Å². The van der Waals surface area contributed by atoms with E-state index in [4.69, 9.17) is 0 Å². The number of hydrogen-bond acceptors (Lipinski definition) is 2. The number of benzene rings is 1. The van der Waals surface area contributed by atoms with Gasteiger partial charge in [0.25, 0.3) is 0 Å². The summed E-state index contributed by atoms with van der Waals surface area (Å²) in [5.41, 5.74) is 1.94. The molecule has 0 bridgehead atoms. The van der Waals surface area contributed by atoms with Crippen LogP contribution < -0.4 is 10.6 Å². The average Bonchev–Trinajstić information content (AvgIpc) is 3.08. The number of amides is 3. The maximum absolute atomic E-state index is 12.6. The zero-order valence-electron chi connectivity index (χ0n) is 14.4. The Morgan fingerprint density at radius 1 is 1.00 bits per heavy atom. The van der Waals surface area contributed by atoms with Crippen LogP contribution in [-0.2, 0) is 4.79 Å². The van der Waals surface area contributed by atoms with Gasteiger partial charge in [-0.1, -0.05) is 37.0 Å². The minimum absolute atomic E-state index is 0.0801. The monoisotopic (exact) mass is 329 g/mol. The molecule has 1 saturated heterocycles. The van der Waals surface area contributed by atoms with Crippen LogP contribution in [0.1, 0.15) is 50.5 Å². The van der Waals surface area contributed by atoms with Crippen molar-refractivity contribution in [2.75, 3.05) is 11.9 Å². The van der Waals surface area contributed by atoms with Gasteiger partial charge in [-0.05, 0) is 44.7 Å². The van der Waals surface area contributed by atoms with Crippen LogP contribution in [0.15, 0.2) is 24.3 Å². The minimum Gasteiger partial charge on any atom is -0.335 e. The molecule has 1 aliphatic heterocycles. The number of urea groups is 1. The molecule has 2 aliphatic rings. The molecule has 1 aromatic rings. The zero-order valence-corrected chi connectivity index (χ0v) is 14.4. The van der Waals surface area contributed by atoms with E-state index in [0.717, 1.165) is 36.9 Å². The highest BCUT2D eigenvalue weighted by molar-refractivity contribution is 5.97. The highest BCUT2D eigenvalue weighted by Crippen LogP contribution is 2.22. The van der Waals surface area contributed by atoms with E-state index in [1.54, 1.807) is 4.90 Å². The molecule has 130 valence electrons. The lowest BCUT2D eigenvalue weighted by Gasteiger charge is -2.29. The number of nitrogens with one attached hydrogen (secondary N) is 2. The SMILES string of the molecule is Cc1ccc(NC(=O)[C@H]2CCCN2C(=O)NC2CCCCC2)cc1. The second-order valence-corrected chi connectivity index (χ2v) is 6.99. The summed E-state index contributed by atoms with van der Waals surface area (Å²) >= 11 is 0. The van der Waals surface area contributed by atoms with Crippen LogP contribution in [0, 0.1) is 6.92 Å². The van der Waals surface area contributed by atoms with Gasteiger partial charge in [-0.15, -0.1) is 0 Å². The molecule has 1 saturated carbocycles. The number of carbonyl (C=O) groups excluding carboxylic acids is 2. The first-order valence-corrected chi connectivity index (χ1v) is 9.08. The topological polar surface area (TPSA) is 61.4 Å². The van der Waals surface area contributed by atoms with Crippen molar-refractivity contribution in [2.24, 2.45) is 0 Å². The Balaban J connectivity index is 1.58. The normalized spacial score (nSPS) is 21.5. The summed E-state index contributed by atoms with van der Waals surface area (Å²) in [4.78, 5) is 26.8. The van der Waals surface area contributed by atoms with E-state index >= 15 is 0 Å². The van der Waals surface area contributed by atoms with Crippen molar-refractivity contribution in [3.8, 4) is 0 Å². The third-order valence-corrected chi connectivity index (χ3v) is 5.07. The predicted octanol–water partition coefficient (Wildman–Crippen LogP) is 3.44.